The normalized spacial score (nSPS) is 26.0. The summed E-state index contributed by atoms with van der Waals surface area (Å²) in [5, 5.41) is 7.45. The fourth-order valence-corrected chi connectivity index (χ4v) is 4.79. The molecule has 1 aromatic heterocycles. The van der Waals surface area contributed by atoms with Crippen molar-refractivity contribution in [3.8, 4) is 5.75 Å². The number of hydrogen-bond acceptors (Lipinski definition) is 4. The number of halogens is 1. The zero-order chi connectivity index (χ0) is 20.3. The van der Waals surface area contributed by atoms with Crippen molar-refractivity contribution in [1.29, 1.82) is 0 Å². The predicted octanol–water partition coefficient (Wildman–Crippen LogP) is 4.12. The first kappa shape index (κ1) is 22.5. The lowest BCUT2D eigenvalue weighted by molar-refractivity contribution is 0.255. The highest BCUT2D eigenvalue weighted by atomic mass is 127. The van der Waals surface area contributed by atoms with Crippen LogP contribution in [0.1, 0.15) is 50.0 Å². The minimum absolute atomic E-state index is 0. The van der Waals surface area contributed by atoms with E-state index in [9.17, 15) is 0 Å². The Morgan fingerprint density at radius 3 is 2.81 bits per heavy atom. The third-order valence-electron chi connectivity index (χ3n) is 6.46. The van der Waals surface area contributed by atoms with Gasteiger partial charge in [-0.2, -0.15) is 0 Å². The summed E-state index contributed by atoms with van der Waals surface area (Å²) < 4.78 is 11.3. The molecule has 2 aromatic rings. The van der Waals surface area contributed by atoms with Crippen molar-refractivity contribution in [1.82, 2.24) is 15.5 Å². The molecule has 1 saturated carbocycles. The van der Waals surface area contributed by atoms with E-state index in [0.717, 1.165) is 49.5 Å². The molecule has 0 radical (unpaired) electrons. The summed E-state index contributed by atoms with van der Waals surface area (Å²) in [5.41, 5.74) is 1.21. The molecule has 3 atom stereocenters. The smallest absolute Gasteiger partial charge is 0.192 e. The molecule has 5 rings (SSSR count). The van der Waals surface area contributed by atoms with Crippen molar-refractivity contribution in [2.75, 3.05) is 19.7 Å². The lowest BCUT2D eigenvalue weighted by Crippen LogP contribution is -2.46. The van der Waals surface area contributed by atoms with Crippen LogP contribution in [0, 0.1) is 0 Å². The molecule has 3 aliphatic rings. The van der Waals surface area contributed by atoms with Crippen molar-refractivity contribution in [3.05, 3.63) is 54.0 Å². The maximum absolute atomic E-state index is 5.84. The molecule has 2 fully saturated rings. The quantitative estimate of drug-likeness (QED) is 0.331. The van der Waals surface area contributed by atoms with E-state index in [0.29, 0.717) is 18.6 Å². The summed E-state index contributed by atoms with van der Waals surface area (Å²) in [6, 6.07) is 14.4. The first-order chi connectivity index (χ1) is 14.8. The topological polar surface area (TPSA) is 62.0 Å². The molecular weight excluding hydrogens is 503 g/mol. The first-order valence-electron chi connectivity index (χ1n) is 11.3. The van der Waals surface area contributed by atoms with E-state index < -0.39 is 0 Å². The van der Waals surface area contributed by atoms with Gasteiger partial charge in [0.1, 0.15) is 11.5 Å². The number of benzene rings is 1. The number of guanidine groups is 1. The Bertz CT molecular complexity index is 868. The molecule has 6 nitrogen and oxygen atoms in total. The summed E-state index contributed by atoms with van der Waals surface area (Å²) in [4.78, 5) is 7.58. The van der Waals surface area contributed by atoms with Crippen LogP contribution >= 0.6 is 24.0 Å². The molecule has 1 saturated heterocycles. The number of ether oxygens (including phenoxy) is 1. The Hall–Kier alpha value is -1.74. The second kappa shape index (κ2) is 10.3. The number of nitrogens with zero attached hydrogens (tertiary/aromatic N) is 2. The molecule has 3 unspecified atom stereocenters. The van der Waals surface area contributed by atoms with Gasteiger partial charge in [-0.15, -0.1) is 24.0 Å². The molecule has 3 heterocycles. The summed E-state index contributed by atoms with van der Waals surface area (Å²) in [6.07, 6.45) is 7.35. The van der Waals surface area contributed by atoms with Crippen molar-refractivity contribution in [2.24, 2.45) is 4.99 Å². The lowest BCUT2D eigenvalue weighted by atomic mass is 10.0. The molecule has 0 bridgehead atoms. The van der Waals surface area contributed by atoms with Crippen molar-refractivity contribution >= 4 is 29.9 Å². The van der Waals surface area contributed by atoms with E-state index in [1.54, 1.807) is 6.26 Å². The highest BCUT2D eigenvalue weighted by Crippen LogP contribution is 2.34. The van der Waals surface area contributed by atoms with Crippen molar-refractivity contribution in [2.45, 2.75) is 63.2 Å². The van der Waals surface area contributed by atoms with Crippen LogP contribution in [0.15, 0.2) is 52.1 Å². The largest absolute Gasteiger partial charge is 0.493 e. The van der Waals surface area contributed by atoms with Gasteiger partial charge in [0, 0.05) is 49.6 Å². The van der Waals surface area contributed by atoms with E-state index in [4.69, 9.17) is 14.1 Å². The summed E-state index contributed by atoms with van der Waals surface area (Å²) >= 11 is 0. The average molecular weight is 536 g/mol. The van der Waals surface area contributed by atoms with Crippen LogP contribution in [-0.2, 0) is 6.42 Å². The molecule has 1 aromatic carbocycles. The molecule has 1 aliphatic carbocycles. The summed E-state index contributed by atoms with van der Waals surface area (Å²) in [6.45, 7) is 4.89. The summed E-state index contributed by atoms with van der Waals surface area (Å²) in [7, 11) is 0. The van der Waals surface area contributed by atoms with Gasteiger partial charge >= 0.3 is 0 Å². The standard InChI is InChI=1S/C24H32N4O2.HI/c1-17-15-18(16-28(17)19-8-9-19)26-24(25-12-10-20-5-4-13-29-20)27-22-11-14-30-23-7-3-2-6-21(22)23;/h2-7,13,17-19,22H,8-12,14-16H2,1H3,(H2,25,26,27);1H. The van der Waals surface area contributed by atoms with Gasteiger partial charge in [-0.3, -0.25) is 9.89 Å². The van der Waals surface area contributed by atoms with Gasteiger partial charge in [0.15, 0.2) is 5.96 Å². The summed E-state index contributed by atoms with van der Waals surface area (Å²) in [5.74, 6) is 2.85. The number of nitrogens with one attached hydrogen (secondary N) is 2. The van der Waals surface area contributed by atoms with Gasteiger partial charge in [0.2, 0.25) is 0 Å². The molecular formula is C24H33IN4O2. The van der Waals surface area contributed by atoms with Gasteiger partial charge in [-0.1, -0.05) is 18.2 Å². The van der Waals surface area contributed by atoms with Gasteiger partial charge in [0.25, 0.3) is 0 Å². The number of furan rings is 1. The number of hydrogen-bond donors (Lipinski definition) is 2. The van der Waals surface area contributed by atoms with Crippen LogP contribution < -0.4 is 15.4 Å². The zero-order valence-corrected chi connectivity index (χ0v) is 20.5. The minimum Gasteiger partial charge on any atom is -0.493 e. The van der Waals surface area contributed by atoms with Gasteiger partial charge < -0.3 is 19.8 Å². The number of para-hydroxylation sites is 1. The molecule has 2 N–H and O–H groups in total. The second-order valence-corrected chi connectivity index (χ2v) is 8.79. The highest BCUT2D eigenvalue weighted by Gasteiger charge is 2.39. The SMILES string of the molecule is CC1CC(NC(=NCCc2ccco2)NC2CCOc3ccccc32)CN1C1CC1.I. The number of likely N-dealkylation sites (tertiary alicyclic amines) is 1. The Balaban J connectivity index is 0.00000231. The van der Waals surface area contributed by atoms with E-state index in [1.165, 1.54) is 24.8 Å². The molecule has 2 aliphatic heterocycles. The fraction of sp³-hybridized carbons (Fsp3) is 0.542. The van der Waals surface area contributed by atoms with Crippen LogP contribution in [0.3, 0.4) is 0 Å². The van der Waals surface area contributed by atoms with Crippen molar-refractivity contribution < 1.29 is 9.15 Å². The molecule has 7 heteroatoms. The van der Waals surface area contributed by atoms with E-state index >= 15 is 0 Å². The lowest BCUT2D eigenvalue weighted by Gasteiger charge is -2.29. The average Bonchev–Trinajstić information content (AvgIpc) is 3.34. The first-order valence-corrected chi connectivity index (χ1v) is 11.3. The van der Waals surface area contributed by atoms with Crippen LogP contribution in [-0.4, -0.2) is 48.7 Å². The highest BCUT2D eigenvalue weighted by molar-refractivity contribution is 14.0. The van der Waals surface area contributed by atoms with Gasteiger partial charge in [-0.05, 0) is 44.4 Å². The monoisotopic (exact) mass is 536 g/mol. The fourth-order valence-electron chi connectivity index (χ4n) is 4.79. The zero-order valence-electron chi connectivity index (χ0n) is 18.1. The predicted molar refractivity (Wildman–Crippen MR) is 133 cm³/mol. The Kier molecular flexibility index (Phi) is 7.43. The number of aliphatic imine (C=N–C) groups is 1. The van der Waals surface area contributed by atoms with Crippen LogP contribution in [0.4, 0.5) is 0 Å². The molecule has 0 spiro atoms. The molecule has 31 heavy (non-hydrogen) atoms. The third kappa shape index (κ3) is 5.55. The van der Waals surface area contributed by atoms with E-state index in [2.05, 4.69) is 40.7 Å². The van der Waals surface area contributed by atoms with Gasteiger partial charge in [0.05, 0.1) is 18.9 Å². The minimum atomic E-state index is 0. The maximum atomic E-state index is 5.84. The Morgan fingerprint density at radius 2 is 2.00 bits per heavy atom. The van der Waals surface area contributed by atoms with Crippen molar-refractivity contribution in [3.63, 3.8) is 0 Å². The Labute approximate surface area is 201 Å². The van der Waals surface area contributed by atoms with Crippen LogP contribution in [0.2, 0.25) is 0 Å². The van der Waals surface area contributed by atoms with E-state index in [-0.39, 0.29) is 30.0 Å². The second-order valence-electron chi connectivity index (χ2n) is 8.79. The maximum Gasteiger partial charge on any atom is 0.192 e. The Morgan fingerprint density at radius 1 is 1.13 bits per heavy atom. The van der Waals surface area contributed by atoms with E-state index in [1.807, 2.05) is 18.2 Å². The third-order valence-corrected chi connectivity index (χ3v) is 6.46. The van der Waals surface area contributed by atoms with Crippen LogP contribution in [0.25, 0.3) is 0 Å². The molecule has 168 valence electrons. The molecule has 0 amide bonds. The van der Waals surface area contributed by atoms with Gasteiger partial charge in [-0.25, -0.2) is 0 Å². The number of fused-ring (bicyclic) bond motifs is 1. The number of rotatable bonds is 6. The van der Waals surface area contributed by atoms with Crippen LogP contribution in [0.5, 0.6) is 5.75 Å².